The summed E-state index contributed by atoms with van der Waals surface area (Å²) >= 11 is 0. The molecule has 178 valence electrons. The third kappa shape index (κ3) is 5.27. The maximum Gasteiger partial charge on any atom is 0.274 e. The standard InChI is InChI=1S/C29H30N4O2/c1-19-6-2-3-7-24(19)28(34)18-31-22-12-9-20(10-13-22)26-16-21-11-14-23(17-27(21)33-26)32-29(35)25-8-4-5-15-30-25/h4-5,8-17,19,24,31,33H,2-3,6-7,18H2,1H3,(H,32,35). The molecule has 5 rings (SSSR count). The van der Waals surface area contributed by atoms with E-state index in [0.29, 0.717) is 29.6 Å². The van der Waals surface area contributed by atoms with Gasteiger partial charge in [-0.15, -0.1) is 0 Å². The van der Waals surface area contributed by atoms with E-state index >= 15 is 0 Å². The van der Waals surface area contributed by atoms with E-state index in [1.54, 1.807) is 24.4 Å². The zero-order valence-electron chi connectivity index (χ0n) is 19.9. The molecule has 3 N–H and O–H groups in total. The van der Waals surface area contributed by atoms with Crippen molar-refractivity contribution in [2.75, 3.05) is 17.2 Å². The van der Waals surface area contributed by atoms with Gasteiger partial charge in [0.15, 0.2) is 5.78 Å². The predicted molar refractivity (Wildman–Crippen MR) is 141 cm³/mol. The number of Topliss-reactive ketones (excluding diaryl/α,β-unsaturated/α-hetero) is 1. The Morgan fingerprint density at radius 3 is 2.54 bits per heavy atom. The van der Waals surface area contributed by atoms with Gasteiger partial charge in [0.25, 0.3) is 5.91 Å². The molecule has 4 aromatic rings. The molecule has 6 nitrogen and oxygen atoms in total. The molecule has 1 amide bonds. The third-order valence-corrected chi connectivity index (χ3v) is 6.97. The molecule has 2 heterocycles. The van der Waals surface area contributed by atoms with E-state index in [0.717, 1.165) is 47.1 Å². The second-order valence-electron chi connectivity index (χ2n) is 9.42. The van der Waals surface area contributed by atoms with Gasteiger partial charge in [-0.3, -0.25) is 14.6 Å². The van der Waals surface area contributed by atoms with Crippen molar-refractivity contribution in [3.05, 3.63) is 78.6 Å². The van der Waals surface area contributed by atoms with Crippen LogP contribution in [-0.2, 0) is 4.79 Å². The van der Waals surface area contributed by atoms with E-state index < -0.39 is 0 Å². The Hall–Kier alpha value is -3.93. The first-order valence-corrected chi connectivity index (χ1v) is 12.3. The van der Waals surface area contributed by atoms with Crippen LogP contribution in [0.3, 0.4) is 0 Å². The van der Waals surface area contributed by atoms with Gasteiger partial charge in [-0.25, -0.2) is 0 Å². The molecular formula is C29H30N4O2. The van der Waals surface area contributed by atoms with Crippen molar-refractivity contribution < 1.29 is 9.59 Å². The number of hydrogen-bond donors (Lipinski definition) is 3. The lowest BCUT2D eigenvalue weighted by atomic mass is 9.78. The number of carbonyl (C=O) groups excluding carboxylic acids is 2. The van der Waals surface area contributed by atoms with Crippen LogP contribution in [0, 0.1) is 11.8 Å². The minimum absolute atomic E-state index is 0.195. The molecule has 0 radical (unpaired) electrons. The topological polar surface area (TPSA) is 86.9 Å². The van der Waals surface area contributed by atoms with Crippen LogP contribution >= 0.6 is 0 Å². The van der Waals surface area contributed by atoms with Gasteiger partial charge in [-0.2, -0.15) is 0 Å². The summed E-state index contributed by atoms with van der Waals surface area (Å²) in [4.78, 5) is 32.6. The second-order valence-corrected chi connectivity index (χ2v) is 9.42. The van der Waals surface area contributed by atoms with Crippen molar-refractivity contribution in [3.8, 4) is 11.3 Å². The van der Waals surface area contributed by atoms with E-state index in [2.05, 4.69) is 33.6 Å². The van der Waals surface area contributed by atoms with Crippen LogP contribution in [0.1, 0.15) is 43.1 Å². The lowest BCUT2D eigenvalue weighted by molar-refractivity contribution is -0.123. The number of amides is 1. The number of benzene rings is 2. The lowest BCUT2D eigenvalue weighted by Crippen LogP contribution is -2.30. The summed E-state index contributed by atoms with van der Waals surface area (Å²) in [6.45, 7) is 2.59. The maximum absolute atomic E-state index is 12.6. The van der Waals surface area contributed by atoms with Crippen molar-refractivity contribution in [2.45, 2.75) is 32.6 Å². The molecule has 6 heteroatoms. The van der Waals surface area contributed by atoms with Gasteiger partial charge < -0.3 is 15.6 Å². The van der Waals surface area contributed by atoms with Crippen molar-refractivity contribution in [2.24, 2.45) is 11.8 Å². The minimum atomic E-state index is -0.240. The summed E-state index contributed by atoms with van der Waals surface area (Å²) in [7, 11) is 0. The average molecular weight is 467 g/mol. The minimum Gasteiger partial charge on any atom is -0.378 e. The van der Waals surface area contributed by atoms with Crippen LogP contribution in [0.25, 0.3) is 22.2 Å². The number of carbonyl (C=O) groups is 2. The normalized spacial score (nSPS) is 17.7. The Balaban J connectivity index is 1.23. The lowest BCUT2D eigenvalue weighted by Gasteiger charge is -2.27. The number of anilines is 2. The highest BCUT2D eigenvalue weighted by Crippen LogP contribution is 2.31. The summed E-state index contributed by atoms with van der Waals surface area (Å²) in [5.41, 5.74) is 5.01. The Bertz CT molecular complexity index is 1330. The molecule has 2 unspecified atom stereocenters. The fourth-order valence-corrected chi connectivity index (χ4v) is 4.94. The second kappa shape index (κ2) is 10.1. The SMILES string of the molecule is CC1CCCCC1C(=O)CNc1ccc(-c2cc3ccc(NC(=O)c4ccccn4)cc3[nH]2)cc1. The number of aromatic nitrogens is 2. The van der Waals surface area contributed by atoms with Gasteiger partial charge in [-0.05, 0) is 60.4 Å². The number of nitrogens with zero attached hydrogens (tertiary/aromatic N) is 1. The fraction of sp³-hybridized carbons (Fsp3) is 0.276. The average Bonchev–Trinajstić information content (AvgIpc) is 3.32. The monoisotopic (exact) mass is 466 g/mol. The zero-order chi connectivity index (χ0) is 24.2. The van der Waals surface area contributed by atoms with Crippen molar-refractivity contribution in [1.29, 1.82) is 0 Å². The summed E-state index contributed by atoms with van der Waals surface area (Å²) in [6, 6.07) is 21.3. The summed E-state index contributed by atoms with van der Waals surface area (Å²) in [5.74, 6) is 0.769. The number of nitrogens with one attached hydrogen (secondary N) is 3. The van der Waals surface area contributed by atoms with Crippen molar-refractivity contribution in [1.82, 2.24) is 9.97 Å². The molecule has 1 saturated carbocycles. The number of rotatable bonds is 7. The molecule has 0 aliphatic heterocycles. The van der Waals surface area contributed by atoms with Crippen LogP contribution in [0.2, 0.25) is 0 Å². The number of fused-ring (bicyclic) bond motifs is 1. The van der Waals surface area contributed by atoms with Gasteiger partial charge in [0.2, 0.25) is 0 Å². The first-order chi connectivity index (χ1) is 17.1. The van der Waals surface area contributed by atoms with Crippen LogP contribution in [-0.4, -0.2) is 28.2 Å². The largest absolute Gasteiger partial charge is 0.378 e. The highest BCUT2D eigenvalue weighted by molar-refractivity contribution is 6.04. The molecule has 0 spiro atoms. The first-order valence-electron chi connectivity index (χ1n) is 12.3. The first kappa shape index (κ1) is 22.8. The van der Waals surface area contributed by atoms with Gasteiger partial charge >= 0.3 is 0 Å². The highest BCUT2D eigenvalue weighted by atomic mass is 16.2. The molecule has 2 aromatic carbocycles. The van der Waals surface area contributed by atoms with E-state index in [1.165, 1.54) is 6.42 Å². The van der Waals surface area contributed by atoms with Gasteiger partial charge in [-0.1, -0.05) is 50.5 Å². The number of pyridine rings is 1. The summed E-state index contributed by atoms with van der Waals surface area (Å²) in [5, 5.41) is 7.26. The van der Waals surface area contributed by atoms with E-state index in [4.69, 9.17) is 0 Å². The van der Waals surface area contributed by atoms with Crippen LogP contribution in [0.4, 0.5) is 11.4 Å². The van der Waals surface area contributed by atoms with E-state index in [-0.39, 0.29) is 11.8 Å². The van der Waals surface area contributed by atoms with Crippen molar-refractivity contribution >= 4 is 34.0 Å². The van der Waals surface area contributed by atoms with Crippen LogP contribution < -0.4 is 10.6 Å². The van der Waals surface area contributed by atoms with Crippen molar-refractivity contribution in [3.63, 3.8) is 0 Å². The molecule has 35 heavy (non-hydrogen) atoms. The molecule has 0 saturated heterocycles. The molecule has 1 aliphatic rings. The van der Waals surface area contributed by atoms with E-state index in [1.807, 2.05) is 42.5 Å². The number of aromatic amines is 1. The molecule has 2 aromatic heterocycles. The van der Waals surface area contributed by atoms with E-state index in [9.17, 15) is 9.59 Å². The van der Waals surface area contributed by atoms with Gasteiger partial charge in [0.05, 0.1) is 6.54 Å². The van der Waals surface area contributed by atoms with Gasteiger partial charge in [0, 0.05) is 40.1 Å². The molecule has 1 aliphatic carbocycles. The molecular weight excluding hydrogens is 436 g/mol. The summed E-state index contributed by atoms with van der Waals surface area (Å²) < 4.78 is 0. The number of H-pyrrole nitrogens is 1. The predicted octanol–water partition coefficient (Wildman–Crippen LogP) is 6.29. The Kier molecular flexibility index (Phi) is 6.62. The maximum atomic E-state index is 12.6. The molecule has 2 atom stereocenters. The number of ketones is 1. The Labute approximate surface area is 205 Å². The zero-order valence-corrected chi connectivity index (χ0v) is 19.9. The van der Waals surface area contributed by atoms with Crippen LogP contribution in [0.15, 0.2) is 72.9 Å². The fourth-order valence-electron chi connectivity index (χ4n) is 4.94. The molecule has 1 fully saturated rings. The Morgan fingerprint density at radius 2 is 1.77 bits per heavy atom. The highest BCUT2D eigenvalue weighted by Gasteiger charge is 2.27. The smallest absolute Gasteiger partial charge is 0.274 e. The quantitative estimate of drug-likeness (QED) is 0.299. The van der Waals surface area contributed by atoms with Gasteiger partial charge in [0.1, 0.15) is 5.69 Å². The summed E-state index contributed by atoms with van der Waals surface area (Å²) in [6.07, 6.45) is 6.20. The third-order valence-electron chi connectivity index (χ3n) is 6.97. The molecule has 0 bridgehead atoms. The van der Waals surface area contributed by atoms with Crippen LogP contribution in [0.5, 0.6) is 0 Å². The number of hydrogen-bond acceptors (Lipinski definition) is 4. The Morgan fingerprint density at radius 1 is 0.971 bits per heavy atom.